The van der Waals surface area contributed by atoms with Gasteiger partial charge in [-0.2, -0.15) is 5.10 Å². The second-order valence-corrected chi connectivity index (χ2v) is 10.8. The number of ether oxygens (including phenoxy) is 2. The molecule has 0 aliphatic carbocycles. The van der Waals surface area contributed by atoms with Gasteiger partial charge in [-0.05, 0) is 55.3 Å². The maximum atomic E-state index is 13.1. The first-order valence-corrected chi connectivity index (χ1v) is 13.3. The molecule has 1 aliphatic rings. The molecule has 4 aromatic rings. The fourth-order valence-electron chi connectivity index (χ4n) is 4.47. The Balaban J connectivity index is 1.23. The van der Waals surface area contributed by atoms with Gasteiger partial charge in [-0.15, -0.1) is 0 Å². The Labute approximate surface area is 229 Å². The third-order valence-electron chi connectivity index (χ3n) is 6.70. The molecule has 0 saturated carbocycles. The SMILES string of the molecule is Cc1ccc(-n2nc(C(C)(C)C)cc2NC(=O)NC2CCc3c(OCCc4ccncc4)cccc3O2)cc1. The van der Waals surface area contributed by atoms with Crippen LogP contribution in [0, 0.1) is 6.92 Å². The van der Waals surface area contributed by atoms with E-state index in [-0.39, 0.29) is 11.4 Å². The molecule has 1 atom stereocenters. The monoisotopic (exact) mass is 525 g/mol. The lowest BCUT2D eigenvalue weighted by molar-refractivity contribution is 0.143. The van der Waals surface area contributed by atoms with Crippen molar-refractivity contribution < 1.29 is 14.3 Å². The van der Waals surface area contributed by atoms with Gasteiger partial charge in [0, 0.05) is 42.3 Å². The first-order valence-electron chi connectivity index (χ1n) is 13.3. The van der Waals surface area contributed by atoms with Crippen LogP contribution in [0.5, 0.6) is 11.5 Å². The fourth-order valence-corrected chi connectivity index (χ4v) is 4.47. The summed E-state index contributed by atoms with van der Waals surface area (Å²) < 4.78 is 14.0. The van der Waals surface area contributed by atoms with Crippen LogP contribution < -0.4 is 20.1 Å². The highest BCUT2D eigenvalue weighted by atomic mass is 16.5. The van der Waals surface area contributed by atoms with E-state index in [1.807, 2.05) is 67.6 Å². The minimum atomic E-state index is -0.456. The normalized spacial score (nSPS) is 14.7. The van der Waals surface area contributed by atoms with E-state index in [1.165, 1.54) is 5.56 Å². The molecular formula is C31H35N5O3. The Morgan fingerprint density at radius 3 is 2.62 bits per heavy atom. The van der Waals surface area contributed by atoms with Gasteiger partial charge in [-0.3, -0.25) is 10.3 Å². The van der Waals surface area contributed by atoms with Crippen molar-refractivity contribution in [3.05, 3.63) is 95.4 Å². The molecule has 0 radical (unpaired) electrons. The number of hydrogen-bond donors (Lipinski definition) is 2. The van der Waals surface area contributed by atoms with Gasteiger partial charge in [-0.25, -0.2) is 9.48 Å². The molecule has 8 heteroatoms. The Morgan fingerprint density at radius 2 is 1.87 bits per heavy atom. The highest BCUT2D eigenvalue weighted by Crippen LogP contribution is 2.34. The van der Waals surface area contributed by atoms with Crippen molar-refractivity contribution in [2.45, 2.75) is 58.6 Å². The summed E-state index contributed by atoms with van der Waals surface area (Å²) in [6.45, 7) is 8.91. The number of pyridine rings is 1. The molecule has 2 aromatic carbocycles. The summed E-state index contributed by atoms with van der Waals surface area (Å²) in [4.78, 5) is 17.1. The van der Waals surface area contributed by atoms with Crippen LogP contribution in [0.3, 0.4) is 0 Å². The molecule has 1 unspecified atom stereocenters. The van der Waals surface area contributed by atoms with Crippen molar-refractivity contribution in [1.82, 2.24) is 20.1 Å². The Hall–Kier alpha value is -4.33. The van der Waals surface area contributed by atoms with Crippen molar-refractivity contribution in [2.24, 2.45) is 0 Å². The molecule has 2 aromatic heterocycles. The lowest BCUT2D eigenvalue weighted by atomic mass is 9.92. The number of fused-ring (bicyclic) bond motifs is 1. The summed E-state index contributed by atoms with van der Waals surface area (Å²) in [5.74, 6) is 2.15. The van der Waals surface area contributed by atoms with E-state index in [2.05, 4.69) is 36.4 Å². The summed E-state index contributed by atoms with van der Waals surface area (Å²) in [6.07, 6.45) is 5.29. The average Bonchev–Trinajstić information content (AvgIpc) is 3.34. The average molecular weight is 526 g/mol. The zero-order valence-electron chi connectivity index (χ0n) is 22.9. The number of anilines is 1. The van der Waals surface area contributed by atoms with Crippen LogP contribution in [0.4, 0.5) is 10.6 Å². The maximum Gasteiger partial charge on any atom is 0.323 e. The highest BCUT2D eigenvalue weighted by Gasteiger charge is 2.26. The van der Waals surface area contributed by atoms with E-state index in [4.69, 9.17) is 14.6 Å². The number of carbonyl (C=O) groups excluding carboxylic acids is 1. The molecule has 0 spiro atoms. The van der Waals surface area contributed by atoms with E-state index in [0.29, 0.717) is 18.8 Å². The molecule has 0 fully saturated rings. The van der Waals surface area contributed by atoms with Gasteiger partial charge in [0.2, 0.25) is 0 Å². The quantitative estimate of drug-likeness (QED) is 0.310. The van der Waals surface area contributed by atoms with Gasteiger partial charge < -0.3 is 14.8 Å². The molecule has 2 N–H and O–H groups in total. The van der Waals surface area contributed by atoms with E-state index >= 15 is 0 Å². The number of benzene rings is 2. The van der Waals surface area contributed by atoms with E-state index in [0.717, 1.165) is 46.8 Å². The third-order valence-corrected chi connectivity index (χ3v) is 6.70. The van der Waals surface area contributed by atoms with Gasteiger partial charge in [0.1, 0.15) is 17.3 Å². The van der Waals surface area contributed by atoms with Gasteiger partial charge in [0.15, 0.2) is 6.23 Å². The Bertz CT molecular complexity index is 1430. The smallest absolute Gasteiger partial charge is 0.323 e. The van der Waals surface area contributed by atoms with E-state index in [9.17, 15) is 4.79 Å². The minimum Gasteiger partial charge on any atom is -0.493 e. The number of rotatable bonds is 7. The zero-order chi connectivity index (χ0) is 27.4. The lowest BCUT2D eigenvalue weighted by Crippen LogP contribution is -2.43. The first kappa shape index (κ1) is 26.3. The number of hydrogen-bond acceptors (Lipinski definition) is 5. The highest BCUT2D eigenvalue weighted by molar-refractivity contribution is 5.89. The standard InChI is InChI=1S/C31H35N5O3/c1-21-8-10-23(11-9-21)36-28(20-27(35-36)31(2,3)4)33-30(37)34-29-13-12-24-25(6-5-7-26(24)39-29)38-19-16-22-14-17-32-18-15-22/h5-11,14-15,17-18,20,29H,12-13,16,19H2,1-4H3,(H2,33,34,37). The maximum absolute atomic E-state index is 13.1. The number of aromatic nitrogens is 3. The van der Waals surface area contributed by atoms with Crippen LogP contribution in [0.15, 0.2) is 73.1 Å². The zero-order valence-corrected chi connectivity index (χ0v) is 22.9. The number of nitrogens with zero attached hydrogens (tertiary/aromatic N) is 3. The predicted molar refractivity (Wildman–Crippen MR) is 152 cm³/mol. The molecular weight excluding hydrogens is 490 g/mol. The van der Waals surface area contributed by atoms with Crippen molar-refractivity contribution in [2.75, 3.05) is 11.9 Å². The molecule has 0 saturated heterocycles. The summed E-state index contributed by atoms with van der Waals surface area (Å²) >= 11 is 0. The van der Waals surface area contributed by atoms with Crippen LogP contribution in [0.2, 0.25) is 0 Å². The van der Waals surface area contributed by atoms with Crippen LogP contribution in [-0.4, -0.2) is 33.6 Å². The number of carbonyl (C=O) groups is 1. The summed E-state index contributed by atoms with van der Waals surface area (Å²) in [5.41, 5.74) is 4.96. The lowest BCUT2D eigenvalue weighted by Gasteiger charge is -2.28. The summed E-state index contributed by atoms with van der Waals surface area (Å²) in [7, 11) is 0. The fraction of sp³-hybridized carbons (Fsp3) is 0.323. The Kier molecular flexibility index (Phi) is 7.54. The topological polar surface area (TPSA) is 90.3 Å². The first-order chi connectivity index (χ1) is 18.8. The van der Waals surface area contributed by atoms with E-state index < -0.39 is 6.23 Å². The molecule has 0 bridgehead atoms. The summed E-state index contributed by atoms with van der Waals surface area (Å²) in [5, 5.41) is 10.7. The van der Waals surface area contributed by atoms with E-state index in [1.54, 1.807) is 17.1 Å². The molecule has 8 nitrogen and oxygen atoms in total. The number of nitrogens with one attached hydrogen (secondary N) is 2. The number of urea groups is 1. The molecule has 1 aliphatic heterocycles. The molecule has 39 heavy (non-hydrogen) atoms. The van der Waals surface area contributed by atoms with Crippen molar-refractivity contribution >= 4 is 11.8 Å². The van der Waals surface area contributed by atoms with Crippen molar-refractivity contribution in [3.63, 3.8) is 0 Å². The van der Waals surface area contributed by atoms with Crippen molar-refractivity contribution in [3.8, 4) is 17.2 Å². The van der Waals surface area contributed by atoms with Crippen LogP contribution in [0.25, 0.3) is 5.69 Å². The predicted octanol–water partition coefficient (Wildman–Crippen LogP) is 5.97. The second-order valence-electron chi connectivity index (χ2n) is 10.8. The molecule has 202 valence electrons. The third kappa shape index (κ3) is 6.39. The summed E-state index contributed by atoms with van der Waals surface area (Å²) in [6, 6.07) is 19.4. The Morgan fingerprint density at radius 1 is 1.10 bits per heavy atom. The molecule has 5 rings (SSSR count). The van der Waals surface area contributed by atoms with Gasteiger partial charge in [0.05, 0.1) is 18.0 Å². The minimum absolute atomic E-state index is 0.170. The van der Waals surface area contributed by atoms with Crippen LogP contribution in [0.1, 0.15) is 49.6 Å². The van der Waals surface area contributed by atoms with Gasteiger partial charge in [0.25, 0.3) is 0 Å². The number of amides is 2. The van der Waals surface area contributed by atoms with Crippen LogP contribution in [-0.2, 0) is 18.3 Å². The van der Waals surface area contributed by atoms with Crippen LogP contribution >= 0.6 is 0 Å². The van der Waals surface area contributed by atoms with Gasteiger partial charge >= 0.3 is 6.03 Å². The molecule has 2 amide bonds. The largest absolute Gasteiger partial charge is 0.493 e. The number of aryl methyl sites for hydroxylation is 1. The van der Waals surface area contributed by atoms with Crippen molar-refractivity contribution in [1.29, 1.82) is 0 Å². The molecule has 3 heterocycles. The second kappa shape index (κ2) is 11.2. The van der Waals surface area contributed by atoms with Gasteiger partial charge in [-0.1, -0.05) is 44.5 Å².